The van der Waals surface area contributed by atoms with Crippen LogP contribution in [0.25, 0.3) is 0 Å². The molecule has 0 radical (unpaired) electrons. The van der Waals surface area contributed by atoms with Crippen molar-refractivity contribution in [2.45, 2.75) is 112 Å². The molecule has 198 valence electrons. The van der Waals surface area contributed by atoms with Crippen molar-refractivity contribution in [1.29, 1.82) is 0 Å². The first kappa shape index (κ1) is 30.5. The molecule has 0 heterocycles. The Hall–Kier alpha value is -2.57. The minimum absolute atomic E-state index is 0.0144. The standard InChI is InChI=1S/C28H47N3O4/c1-11-13-21(7)29-25(32)24(22-17-19(5)14-15-20(22)6)31(16-12-2)26(33)23(18(3)4)30-27(34)35-28(8,9)10/h14-15,17-18,21,23-24H,11-13,16H2,1-10H3,(H,29,32)(H,30,34). The molecule has 3 amide bonds. The number of amides is 3. The van der Waals surface area contributed by atoms with Crippen molar-refractivity contribution in [3.05, 3.63) is 34.9 Å². The molecule has 0 saturated heterocycles. The summed E-state index contributed by atoms with van der Waals surface area (Å²) in [5.74, 6) is -0.700. The fourth-order valence-corrected chi connectivity index (χ4v) is 4.07. The second kappa shape index (κ2) is 13.5. The monoisotopic (exact) mass is 489 g/mol. The van der Waals surface area contributed by atoms with Gasteiger partial charge in [0.25, 0.3) is 0 Å². The molecule has 0 spiro atoms. The summed E-state index contributed by atoms with van der Waals surface area (Å²) in [7, 11) is 0. The first-order chi connectivity index (χ1) is 16.2. The van der Waals surface area contributed by atoms with E-state index in [1.807, 2.05) is 59.7 Å². The van der Waals surface area contributed by atoms with Crippen LogP contribution in [-0.4, -0.2) is 47.0 Å². The second-order valence-corrected chi connectivity index (χ2v) is 10.9. The van der Waals surface area contributed by atoms with Gasteiger partial charge in [0.15, 0.2) is 0 Å². The van der Waals surface area contributed by atoms with E-state index >= 15 is 0 Å². The molecule has 1 aromatic rings. The molecule has 35 heavy (non-hydrogen) atoms. The lowest BCUT2D eigenvalue weighted by Crippen LogP contribution is -2.55. The van der Waals surface area contributed by atoms with Gasteiger partial charge in [0.05, 0.1) is 0 Å². The van der Waals surface area contributed by atoms with Crippen molar-refractivity contribution < 1.29 is 19.1 Å². The minimum Gasteiger partial charge on any atom is -0.444 e. The molecule has 3 atom stereocenters. The number of carbonyl (C=O) groups is 3. The summed E-state index contributed by atoms with van der Waals surface area (Å²) < 4.78 is 5.42. The van der Waals surface area contributed by atoms with Crippen molar-refractivity contribution in [2.75, 3.05) is 6.54 Å². The maximum Gasteiger partial charge on any atom is 0.408 e. The van der Waals surface area contributed by atoms with Gasteiger partial charge in [0, 0.05) is 12.6 Å². The number of nitrogens with zero attached hydrogens (tertiary/aromatic N) is 1. The first-order valence-corrected chi connectivity index (χ1v) is 12.9. The Labute approximate surface area is 212 Å². The van der Waals surface area contributed by atoms with Gasteiger partial charge in [0.2, 0.25) is 11.8 Å². The quantitative estimate of drug-likeness (QED) is 0.433. The van der Waals surface area contributed by atoms with Crippen molar-refractivity contribution in [1.82, 2.24) is 15.5 Å². The summed E-state index contributed by atoms with van der Waals surface area (Å²) in [5, 5.41) is 5.87. The number of aryl methyl sites for hydroxylation is 2. The molecular formula is C28H47N3O4. The van der Waals surface area contributed by atoms with Crippen LogP contribution in [0.5, 0.6) is 0 Å². The third-order valence-corrected chi connectivity index (χ3v) is 5.75. The molecule has 0 aliphatic carbocycles. The van der Waals surface area contributed by atoms with E-state index in [0.29, 0.717) is 13.0 Å². The average Bonchev–Trinajstić information content (AvgIpc) is 2.72. The van der Waals surface area contributed by atoms with Crippen LogP contribution in [0.3, 0.4) is 0 Å². The van der Waals surface area contributed by atoms with Gasteiger partial charge in [-0.15, -0.1) is 0 Å². The van der Waals surface area contributed by atoms with E-state index in [2.05, 4.69) is 17.6 Å². The van der Waals surface area contributed by atoms with Crippen LogP contribution in [-0.2, 0) is 14.3 Å². The summed E-state index contributed by atoms with van der Waals surface area (Å²) >= 11 is 0. The van der Waals surface area contributed by atoms with E-state index < -0.39 is 23.8 Å². The highest BCUT2D eigenvalue weighted by Gasteiger charge is 2.38. The highest BCUT2D eigenvalue weighted by molar-refractivity contribution is 5.92. The summed E-state index contributed by atoms with van der Waals surface area (Å²) in [4.78, 5) is 41.9. The van der Waals surface area contributed by atoms with E-state index in [-0.39, 0.29) is 23.8 Å². The molecule has 1 rings (SSSR count). The third-order valence-electron chi connectivity index (χ3n) is 5.75. The molecule has 0 aliphatic heterocycles. The molecule has 0 saturated carbocycles. The van der Waals surface area contributed by atoms with Gasteiger partial charge in [-0.2, -0.15) is 0 Å². The molecule has 7 nitrogen and oxygen atoms in total. The van der Waals surface area contributed by atoms with E-state index in [9.17, 15) is 14.4 Å². The van der Waals surface area contributed by atoms with Crippen molar-refractivity contribution in [3.63, 3.8) is 0 Å². The molecule has 7 heteroatoms. The largest absolute Gasteiger partial charge is 0.444 e. The maximum atomic E-state index is 14.0. The summed E-state index contributed by atoms with van der Waals surface area (Å²) in [6.45, 7) is 19.4. The lowest BCUT2D eigenvalue weighted by Gasteiger charge is -2.36. The van der Waals surface area contributed by atoms with Crippen LogP contribution >= 0.6 is 0 Å². The van der Waals surface area contributed by atoms with Crippen LogP contribution < -0.4 is 10.6 Å². The van der Waals surface area contributed by atoms with Gasteiger partial charge in [0.1, 0.15) is 17.7 Å². The predicted molar refractivity (Wildman–Crippen MR) is 141 cm³/mol. The van der Waals surface area contributed by atoms with Gasteiger partial charge >= 0.3 is 6.09 Å². The maximum absolute atomic E-state index is 14.0. The van der Waals surface area contributed by atoms with Crippen LogP contribution in [0.2, 0.25) is 0 Å². The van der Waals surface area contributed by atoms with Gasteiger partial charge in [-0.1, -0.05) is 57.9 Å². The fraction of sp³-hybridized carbons (Fsp3) is 0.679. The fourth-order valence-electron chi connectivity index (χ4n) is 4.07. The molecule has 0 fully saturated rings. The number of rotatable bonds is 11. The van der Waals surface area contributed by atoms with Crippen LogP contribution in [0, 0.1) is 19.8 Å². The normalized spacial score (nSPS) is 14.1. The summed E-state index contributed by atoms with van der Waals surface area (Å²) in [6.07, 6.45) is 1.82. The smallest absolute Gasteiger partial charge is 0.408 e. The van der Waals surface area contributed by atoms with Gasteiger partial charge < -0.3 is 20.3 Å². The Morgan fingerprint density at radius 2 is 1.63 bits per heavy atom. The molecule has 0 aromatic heterocycles. The van der Waals surface area contributed by atoms with Gasteiger partial charge in [-0.05, 0) is 71.4 Å². The Bertz CT molecular complexity index is 860. The van der Waals surface area contributed by atoms with Crippen molar-refractivity contribution in [3.8, 4) is 0 Å². The van der Waals surface area contributed by atoms with Gasteiger partial charge in [-0.25, -0.2) is 4.79 Å². The van der Waals surface area contributed by atoms with E-state index in [1.165, 1.54) is 0 Å². The number of ether oxygens (including phenoxy) is 1. The minimum atomic E-state index is -0.829. The SMILES string of the molecule is CCCC(C)NC(=O)C(c1cc(C)ccc1C)N(CCC)C(=O)C(NC(=O)OC(C)(C)C)C(C)C. The number of nitrogens with one attached hydrogen (secondary N) is 2. The van der Waals surface area contributed by atoms with Crippen LogP contribution in [0.15, 0.2) is 18.2 Å². The number of carbonyl (C=O) groups excluding carboxylic acids is 3. The molecule has 0 bridgehead atoms. The average molecular weight is 490 g/mol. The number of hydrogen-bond acceptors (Lipinski definition) is 4. The molecule has 3 unspecified atom stereocenters. The zero-order chi connectivity index (χ0) is 26.9. The summed E-state index contributed by atoms with van der Waals surface area (Å²) in [6, 6.07) is 4.31. The lowest BCUT2D eigenvalue weighted by molar-refractivity contribution is -0.143. The van der Waals surface area contributed by atoms with Gasteiger partial charge in [-0.3, -0.25) is 9.59 Å². The Balaban J connectivity index is 3.49. The zero-order valence-electron chi connectivity index (χ0n) is 23.5. The summed E-state index contributed by atoms with van der Waals surface area (Å²) in [5.41, 5.74) is 2.07. The lowest BCUT2D eigenvalue weighted by atomic mass is 9.94. The molecular weight excluding hydrogens is 442 g/mol. The number of benzene rings is 1. The zero-order valence-corrected chi connectivity index (χ0v) is 23.5. The Morgan fingerprint density at radius 1 is 1.00 bits per heavy atom. The molecule has 2 N–H and O–H groups in total. The Kier molecular flexibility index (Phi) is 11.7. The number of alkyl carbamates (subject to hydrolysis) is 1. The van der Waals surface area contributed by atoms with E-state index in [1.54, 1.807) is 25.7 Å². The van der Waals surface area contributed by atoms with E-state index in [0.717, 1.165) is 29.5 Å². The highest BCUT2D eigenvalue weighted by atomic mass is 16.6. The third kappa shape index (κ3) is 9.54. The second-order valence-electron chi connectivity index (χ2n) is 10.9. The first-order valence-electron chi connectivity index (χ1n) is 12.9. The predicted octanol–water partition coefficient (Wildman–Crippen LogP) is 5.44. The van der Waals surface area contributed by atoms with Crippen LogP contribution in [0.1, 0.15) is 97.4 Å². The van der Waals surface area contributed by atoms with Crippen LogP contribution in [0.4, 0.5) is 4.79 Å². The molecule has 1 aromatic carbocycles. The Morgan fingerprint density at radius 3 is 2.14 bits per heavy atom. The van der Waals surface area contributed by atoms with Crippen molar-refractivity contribution >= 4 is 17.9 Å². The molecule has 0 aliphatic rings. The highest BCUT2D eigenvalue weighted by Crippen LogP contribution is 2.28. The van der Waals surface area contributed by atoms with Crippen molar-refractivity contribution in [2.24, 2.45) is 5.92 Å². The number of hydrogen-bond donors (Lipinski definition) is 2. The topological polar surface area (TPSA) is 87.7 Å². The van der Waals surface area contributed by atoms with E-state index in [4.69, 9.17) is 4.74 Å².